The van der Waals surface area contributed by atoms with Crippen LogP contribution in [0.3, 0.4) is 0 Å². The standard InChI is InChI=1S/C7H8O.C6H7N.C4H10/c8-6-7-4-2-1-3-5-7;7-6-4-2-1-3-5-6;1-3-4-2/h1-5,8H,6H2;1-5H,7H2;3-4H2,1-2H3. The molecule has 0 heterocycles. The fourth-order valence-corrected chi connectivity index (χ4v) is 1.04. The van der Waals surface area contributed by atoms with E-state index in [1.165, 1.54) is 12.8 Å². The molecule has 2 nitrogen and oxygen atoms in total. The molecule has 0 saturated heterocycles. The fraction of sp³-hybridized carbons (Fsp3) is 0.294. The van der Waals surface area contributed by atoms with Crippen LogP contribution in [-0.2, 0) is 6.61 Å². The first kappa shape index (κ1) is 17.2. The molecular weight excluding hydrogens is 234 g/mol. The summed E-state index contributed by atoms with van der Waals surface area (Å²) in [6, 6.07) is 19.0. The molecular formula is C17H25NO. The molecule has 0 radical (unpaired) electrons. The first-order valence-corrected chi connectivity index (χ1v) is 6.69. The van der Waals surface area contributed by atoms with Gasteiger partial charge in [0, 0.05) is 5.69 Å². The van der Waals surface area contributed by atoms with Crippen LogP contribution in [0.4, 0.5) is 5.69 Å². The van der Waals surface area contributed by atoms with E-state index in [9.17, 15) is 0 Å². The predicted octanol–water partition coefficient (Wildman–Crippen LogP) is 4.25. The molecule has 0 fully saturated rings. The summed E-state index contributed by atoms with van der Waals surface area (Å²) >= 11 is 0. The lowest BCUT2D eigenvalue weighted by Crippen LogP contribution is -1.79. The lowest BCUT2D eigenvalue weighted by Gasteiger charge is -1.89. The maximum Gasteiger partial charge on any atom is 0.0681 e. The van der Waals surface area contributed by atoms with E-state index in [1.54, 1.807) is 0 Å². The van der Waals surface area contributed by atoms with Crippen LogP contribution in [0.25, 0.3) is 0 Å². The van der Waals surface area contributed by atoms with E-state index in [-0.39, 0.29) is 6.61 Å². The molecule has 0 bridgehead atoms. The van der Waals surface area contributed by atoms with Gasteiger partial charge >= 0.3 is 0 Å². The highest BCUT2D eigenvalue weighted by Crippen LogP contribution is 1.96. The van der Waals surface area contributed by atoms with Crippen molar-refractivity contribution in [3.63, 3.8) is 0 Å². The molecule has 0 saturated carbocycles. The van der Waals surface area contributed by atoms with Crippen LogP contribution in [0.5, 0.6) is 0 Å². The molecule has 2 aromatic rings. The van der Waals surface area contributed by atoms with Crippen molar-refractivity contribution in [2.75, 3.05) is 5.73 Å². The Labute approximate surface area is 116 Å². The summed E-state index contributed by atoms with van der Waals surface area (Å²) < 4.78 is 0. The number of nitrogens with two attached hydrogens (primary N) is 1. The summed E-state index contributed by atoms with van der Waals surface area (Å²) in [5.74, 6) is 0. The highest BCUT2D eigenvalue weighted by molar-refractivity contribution is 5.35. The minimum atomic E-state index is 0.140. The molecule has 2 heteroatoms. The number of aliphatic hydroxyl groups is 1. The molecule has 2 rings (SSSR count). The Bertz CT molecular complexity index is 385. The minimum absolute atomic E-state index is 0.140. The number of aliphatic hydroxyl groups excluding tert-OH is 1. The average molecular weight is 259 g/mol. The summed E-state index contributed by atoms with van der Waals surface area (Å²) in [5.41, 5.74) is 7.14. The van der Waals surface area contributed by atoms with Crippen LogP contribution in [-0.4, -0.2) is 5.11 Å². The second kappa shape index (κ2) is 12.7. The predicted molar refractivity (Wildman–Crippen MR) is 83.8 cm³/mol. The van der Waals surface area contributed by atoms with Crippen LogP contribution >= 0.6 is 0 Å². The number of benzene rings is 2. The van der Waals surface area contributed by atoms with Crippen LogP contribution < -0.4 is 5.73 Å². The normalized spacial score (nSPS) is 8.58. The Hall–Kier alpha value is -1.80. The molecule has 3 N–H and O–H groups in total. The van der Waals surface area contributed by atoms with Gasteiger partial charge in [-0.25, -0.2) is 0 Å². The lowest BCUT2D eigenvalue weighted by atomic mass is 10.2. The van der Waals surface area contributed by atoms with E-state index in [1.807, 2.05) is 60.7 Å². The van der Waals surface area contributed by atoms with E-state index >= 15 is 0 Å². The number of para-hydroxylation sites is 1. The van der Waals surface area contributed by atoms with Crippen LogP contribution in [0.2, 0.25) is 0 Å². The Morgan fingerprint density at radius 2 is 1.21 bits per heavy atom. The molecule has 104 valence electrons. The zero-order chi connectivity index (χ0) is 14.3. The van der Waals surface area contributed by atoms with E-state index in [0.717, 1.165) is 11.3 Å². The molecule has 0 atom stereocenters. The van der Waals surface area contributed by atoms with Gasteiger partial charge in [-0.05, 0) is 17.7 Å². The number of nitrogen functional groups attached to an aromatic ring is 1. The molecule has 0 spiro atoms. The first-order chi connectivity index (χ1) is 9.24. The van der Waals surface area contributed by atoms with E-state index in [4.69, 9.17) is 10.8 Å². The van der Waals surface area contributed by atoms with Crippen molar-refractivity contribution in [3.05, 3.63) is 66.2 Å². The highest BCUT2D eigenvalue weighted by Gasteiger charge is 1.81. The molecule has 0 aliphatic rings. The second-order valence-corrected chi connectivity index (χ2v) is 4.05. The maximum atomic E-state index is 8.54. The zero-order valence-electron chi connectivity index (χ0n) is 11.9. The summed E-state index contributed by atoms with van der Waals surface area (Å²) in [7, 11) is 0. The van der Waals surface area contributed by atoms with Crippen molar-refractivity contribution in [1.82, 2.24) is 0 Å². The molecule has 0 aliphatic carbocycles. The zero-order valence-corrected chi connectivity index (χ0v) is 11.9. The Balaban J connectivity index is 0.000000272. The smallest absolute Gasteiger partial charge is 0.0681 e. The van der Waals surface area contributed by atoms with Gasteiger partial charge in [0.25, 0.3) is 0 Å². The van der Waals surface area contributed by atoms with E-state index in [0.29, 0.717) is 0 Å². The molecule has 2 aromatic carbocycles. The maximum absolute atomic E-state index is 8.54. The molecule has 0 aromatic heterocycles. The highest BCUT2D eigenvalue weighted by atomic mass is 16.3. The molecule has 0 unspecified atom stereocenters. The van der Waals surface area contributed by atoms with E-state index in [2.05, 4.69) is 13.8 Å². The van der Waals surface area contributed by atoms with Crippen molar-refractivity contribution in [2.45, 2.75) is 33.3 Å². The summed E-state index contributed by atoms with van der Waals surface area (Å²) in [4.78, 5) is 0. The number of anilines is 1. The largest absolute Gasteiger partial charge is 0.399 e. The van der Waals surface area contributed by atoms with Gasteiger partial charge in [0.2, 0.25) is 0 Å². The lowest BCUT2D eigenvalue weighted by molar-refractivity contribution is 0.282. The van der Waals surface area contributed by atoms with Gasteiger partial charge in [-0.2, -0.15) is 0 Å². The second-order valence-electron chi connectivity index (χ2n) is 4.05. The molecule has 0 amide bonds. The Kier molecular flexibility index (Phi) is 11.5. The average Bonchev–Trinajstić information content (AvgIpc) is 2.50. The summed E-state index contributed by atoms with van der Waals surface area (Å²) in [6.45, 7) is 4.50. The molecule has 19 heavy (non-hydrogen) atoms. The van der Waals surface area contributed by atoms with Crippen molar-refractivity contribution in [2.24, 2.45) is 0 Å². The van der Waals surface area contributed by atoms with Crippen molar-refractivity contribution < 1.29 is 5.11 Å². The Morgan fingerprint density at radius 1 is 0.789 bits per heavy atom. The van der Waals surface area contributed by atoms with Gasteiger partial charge in [-0.15, -0.1) is 0 Å². The number of hydrogen-bond donors (Lipinski definition) is 2. The van der Waals surface area contributed by atoms with Gasteiger partial charge in [0.15, 0.2) is 0 Å². The van der Waals surface area contributed by atoms with Crippen LogP contribution in [0.1, 0.15) is 32.3 Å². The topological polar surface area (TPSA) is 46.2 Å². The SMILES string of the molecule is CCCC.Nc1ccccc1.OCc1ccccc1. The summed E-state index contributed by atoms with van der Waals surface area (Å²) in [5, 5.41) is 8.54. The number of rotatable bonds is 2. The fourth-order valence-electron chi connectivity index (χ4n) is 1.04. The van der Waals surface area contributed by atoms with Gasteiger partial charge in [0.05, 0.1) is 6.61 Å². The number of unbranched alkanes of at least 4 members (excludes halogenated alkanes) is 1. The van der Waals surface area contributed by atoms with Crippen LogP contribution in [0, 0.1) is 0 Å². The van der Waals surface area contributed by atoms with Gasteiger partial charge < -0.3 is 10.8 Å². The quantitative estimate of drug-likeness (QED) is 0.792. The van der Waals surface area contributed by atoms with Gasteiger partial charge in [-0.1, -0.05) is 75.2 Å². The van der Waals surface area contributed by atoms with Crippen molar-refractivity contribution in [3.8, 4) is 0 Å². The minimum Gasteiger partial charge on any atom is -0.399 e. The van der Waals surface area contributed by atoms with E-state index < -0.39 is 0 Å². The monoisotopic (exact) mass is 259 g/mol. The third-order valence-electron chi connectivity index (χ3n) is 2.32. The Morgan fingerprint density at radius 3 is 1.42 bits per heavy atom. The molecule has 0 aliphatic heterocycles. The third kappa shape index (κ3) is 11.0. The van der Waals surface area contributed by atoms with Crippen LogP contribution in [0.15, 0.2) is 60.7 Å². The van der Waals surface area contributed by atoms with Crippen molar-refractivity contribution >= 4 is 5.69 Å². The van der Waals surface area contributed by atoms with Crippen molar-refractivity contribution in [1.29, 1.82) is 0 Å². The van der Waals surface area contributed by atoms with Gasteiger partial charge in [0.1, 0.15) is 0 Å². The third-order valence-corrected chi connectivity index (χ3v) is 2.32. The summed E-state index contributed by atoms with van der Waals surface area (Å²) in [6.07, 6.45) is 2.64. The van der Waals surface area contributed by atoms with Gasteiger partial charge in [-0.3, -0.25) is 0 Å². The first-order valence-electron chi connectivity index (χ1n) is 6.69. The number of hydrogen-bond acceptors (Lipinski definition) is 2.